The Hall–Kier alpha value is -2.56. The Bertz CT molecular complexity index is 742. The second kappa shape index (κ2) is 6.26. The first-order chi connectivity index (χ1) is 9.99. The summed E-state index contributed by atoms with van der Waals surface area (Å²) in [6, 6.07) is 6.43. The average Bonchev–Trinajstić information content (AvgIpc) is 2.44. The quantitative estimate of drug-likeness (QED) is 0.480. The van der Waals surface area contributed by atoms with Crippen LogP contribution in [0.15, 0.2) is 45.6 Å². The molecule has 5 heteroatoms. The van der Waals surface area contributed by atoms with E-state index in [4.69, 9.17) is 9.15 Å². The molecule has 0 atom stereocenters. The molecule has 5 nitrogen and oxygen atoms in total. The van der Waals surface area contributed by atoms with Crippen LogP contribution >= 0.6 is 0 Å². The lowest BCUT2D eigenvalue weighted by Gasteiger charge is -2.08. The molecule has 0 saturated heterocycles. The van der Waals surface area contributed by atoms with Crippen LogP contribution in [-0.4, -0.2) is 19.7 Å². The van der Waals surface area contributed by atoms with Gasteiger partial charge in [-0.3, -0.25) is 4.79 Å². The number of carbonyl (C=O) groups excluding carboxylic acids is 1. The van der Waals surface area contributed by atoms with E-state index in [1.165, 1.54) is 13.2 Å². The number of carbonyl (C=O) groups is 1. The summed E-state index contributed by atoms with van der Waals surface area (Å²) in [5.41, 5.74) is 1.31. The maximum absolute atomic E-state index is 11.6. The summed E-state index contributed by atoms with van der Waals surface area (Å²) in [5.74, 6) is 0.161. The van der Waals surface area contributed by atoms with Gasteiger partial charge in [-0.25, -0.2) is 4.79 Å². The molecule has 0 fully saturated rings. The van der Waals surface area contributed by atoms with E-state index in [-0.39, 0.29) is 6.42 Å². The molecule has 0 aliphatic heterocycles. The first-order valence-electron chi connectivity index (χ1n) is 6.40. The van der Waals surface area contributed by atoms with E-state index in [0.29, 0.717) is 28.9 Å². The van der Waals surface area contributed by atoms with Crippen LogP contribution in [0.4, 0.5) is 0 Å². The summed E-state index contributed by atoms with van der Waals surface area (Å²) in [6.07, 6.45) is 0.0184. The van der Waals surface area contributed by atoms with E-state index in [1.54, 1.807) is 18.2 Å². The fraction of sp³-hybridized carbons (Fsp3) is 0.250. The Labute approximate surface area is 121 Å². The third kappa shape index (κ3) is 3.72. The van der Waals surface area contributed by atoms with Crippen LogP contribution in [0.3, 0.4) is 0 Å². The van der Waals surface area contributed by atoms with Crippen LogP contribution in [0.25, 0.3) is 11.0 Å². The van der Waals surface area contributed by atoms with Crippen molar-refractivity contribution < 1.29 is 18.7 Å². The molecule has 0 aliphatic carbocycles. The molecule has 110 valence electrons. The van der Waals surface area contributed by atoms with Crippen LogP contribution in [0, 0.1) is 0 Å². The molecular weight excluding hydrogens is 272 g/mol. The first kappa shape index (κ1) is 14.8. The smallest absolute Gasteiger partial charge is 0.336 e. The zero-order valence-corrected chi connectivity index (χ0v) is 12.0. The molecule has 0 radical (unpaired) electrons. The molecule has 0 bridgehead atoms. The number of benzene rings is 1. The highest BCUT2D eigenvalue weighted by molar-refractivity contribution is 5.85. The molecule has 0 saturated carbocycles. The molecule has 0 spiro atoms. The van der Waals surface area contributed by atoms with Gasteiger partial charge in [-0.15, -0.1) is 0 Å². The molecule has 0 amide bonds. The molecule has 0 N–H and O–H groups in total. The minimum atomic E-state index is -0.515. The van der Waals surface area contributed by atoms with Crippen molar-refractivity contribution in [3.63, 3.8) is 0 Å². The van der Waals surface area contributed by atoms with Crippen molar-refractivity contribution >= 4 is 16.9 Å². The van der Waals surface area contributed by atoms with Gasteiger partial charge in [0.2, 0.25) is 0 Å². The number of methoxy groups -OCH3 is 1. The van der Waals surface area contributed by atoms with Gasteiger partial charge in [0.1, 0.15) is 17.9 Å². The van der Waals surface area contributed by atoms with Crippen LogP contribution in [0.1, 0.15) is 12.5 Å². The van der Waals surface area contributed by atoms with Crippen molar-refractivity contribution in [2.24, 2.45) is 0 Å². The highest BCUT2D eigenvalue weighted by Gasteiger charge is 2.11. The van der Waals surface area contributed by atoms with Gasteiger partial charge in [0.15, 0.2) is 0 Å². The summed E-state index contributed by atoms with van der Waals surface area (Å²) in [4.78, 5) is 23.0. The molecule has 0 unspecified atom stereocenters. The van der Waals surface area contributed by atoms with E-state index in [1.807, 2.05) is 6.92 Å². The lowest BCUT2D eigenvalue weighted by atomic mass is 10.1. The van der Waals surface area contributed by atoms with Crippen molar-refractivity contribution in [3.8, 4) is 5.75 Å². The molecule has 1 heterocycles. The number of rotatable bonds is 5. The summed E-state index contributed by atoms with van der Waals surface area (Å²) in [6.45, 7) is 6.00. The van der Waals surface area contributed by atoms with Crippen molar-refractivity contribution in [1.29, 1.82) is 0 Å². The van der Waals surface area contributed by atoms with E-state index < -0.39 is 11.6 Å². The number of fused-ring (bicyclic) bond motifs is 1. The van der Waals surface area contributed by atoms with Gasteiger partial charge in [-0.2, -0.15) is 0 Å². The van der Waals surface area contributed by atoms with Crippen molar-refractivity contribution in [3.05, 3.63) is 52.4 Å². The predicted molar refractivity (Wildman–Crippen MR) is 78.5 cm³/mol. The van der Waals surface area contributed by atoms with Crippen molar-refractivity contribution in [1.82, 2.24) is 0 Å². The van der Waals surface area contributed by atoms with E-state index in [9.17, 15) is 9.59 Å². The van der Waals surface area contributed by atoms with E-state index in [0.717, 1.165) is 5.57 Å². The van der Waals surface area contributed by atoms with Gasteiger partial charge >= 0.3 is 11.6 Å². The number of ether oxygens (including phenoxy) is 2. The van der Waals surface area contributed by atoms with E-state index in [2.05, 4.69) is 11.3 Å². The van der Waals surface area contributed by atoms with Gasteiger partial charge in [0, 0.05) is 17.5 Å². The standard InChI is InChI=1S/C16H16O5/c1-10(2)9-20-12-4-5-13-11(6-15(17)19-3)7-16(18)21-14(13)8-12/h4-5,7-8H,1,6,9H2,2-3H3. The summed E-state index contributed by atoms with van der Waals surface area (Å²) in [5, 5.41) is 0.683. The minimum Gasteiger partial charge on any atom is -0.489 e. The van der Waals surface area contributed by atoms with Gasteiger partial charge in [-0.1, -0.05) is 6.58 Å². The lowest BCUT2D eigenvalue weighted by Crippen LogP contribution is -2.08. The Morgan fingerprint density at radius 2 is 2.10 bits per heavy atom. The van der Waals surface area contributed by atoms with Crippen LogP contribution in [0.2, 0.25) is 0 Å². The highest BCUT2D eigenvalue weighted by Crippen LogP contribution is 2.23. The monoisotopic (exact) mass is 288 g/mol. The maximum Gasteiger partial charge on any atom is 0.336 e. The second-order valence-electron chi connectivity index (χ2n) is 4.75. The fourth-order valence-electron chi connectivity index (χ4n) is 1.88. The third-order valence-electron chi connectivity index (χ3n) is 2.85. The first-order valence-corrected chi connectivity index (χ1v) is 6.40. The predicted octanol–water partition coefficient (Wildman–Crippen LogP) is 2.46. The van der Waals surface area contributed by atoms with Crippen LogP contribution < -0.4 is 10.4 Å². The molecular formula is C16H16O5. The Morgan fingerprint density at radius 3 is 2.76 bits per heavy atom. The molecule has 0 aliphatic rings. The third-order valence-corrected chi connectivity index (χ3v) is 2.85. The molecule has 2 aromatic rings. The molecule has 1 aromatic heterocycles. The fourth-order valence-corrected chi connectivity index (χ4v) is 1.88. The van der Waals surface area contributed by atoms with Crippen LogP contribution in [-0.2, 0) is 16.0 Å². The summed E-state index contributed by atoms with van der Waals surface area (Å²) < 4.78 is 15.3. The Morgan fingerprint density at radius 1 is 1.33 bits per heavy atom. The Balaban J connectivity index is 2.41. The highest BCUT2D eigenvalue weighted by atomic mass is 16.5. The van der Waals surface area contributed by atoms with Crippen molar-refractivity contribution in [2.75, 3.05) is 13.7 Å². The largest absolute Gasteiger partial charge is 0.489 e. The normalized spacial score (nSPS) is 10.4. The molecule has 2 rings (SSSR count). The second-order valence-corrected chi connectivity index (χ2v) is 4.75. The zero-order valence-electron chi connectivity index (χ0n) is 12.0. The maximum atomic E-state index is 11.6. The summed E-state index contributed by atoms with van der Waals surface area (Å²) >= 11 is 0. The van der Waals surface area contributed by atoms with E-state index >= 15 is 0 Å². The van der Waals surface area contributed by atoms with Crippen LogP contribution in [0.5, 0.6) is 5.75 Å². The van der Waals surface area contributed by atoms with Gasteiger partial charge in [-0.05, 0) is 30.2 Å². The van der Waals surface area contributed by atoms with Gasteiger partial charge < -0.3 is 13.9 Å². The molecule has 21 heavy (non-hydrogen) atoms. The molecule has 1 aromatic carbocycles. The zero-order chi connectivity index (χ0) is 15.4. The minimum absolute atomic E-state index is 0.0184. The summed E-state index contributed by atoms with van der Waals surface area (Å²) in [7, 11) is 1.31. The SMILES string of the molecule is C=C(C)COc1ccc2c(CC(=O)OC)cc(=O)oc2c1. The van der Waals surface area contributed by atoms with Crippen molar-refractivity contribution in [2.45, 2.75) is 13.3 Å². The number of hydrogen-bond donors (Lipinski definition) is 0. The number of esters is 1. The Kier molecular flexibility index (Phi) is 4.42. The topological polar surface area (TPSA) is 65.7 Å². The number of hydrogen-bond acceptors (Lipinski definition) is 5. The lowest BCUT2D eigenvalue weighted by molar-refractivity contribution is -0.139. The van der Waals surface area contributed by atoms with Gasteiger partial charge in [0.05, 0.1) is 13.5 Å². The van der Waals surface area contributed by atoms with Gasteiger partial charge in [0.25, 0.3) is 0 Å². The average molecular weight is 288 g/mol.